The van der Waals surface area contributed by atoms with Gasteiger partial charge in [0.2, 0.25) is 5.91 Å². The van der Waals surface area contributed by atoms with Crippen LogP contribution in [0.1, 0.15) is 52.1 Å². The van der Waals surface area contributed by atoms with Crippen molar-refractivity contribution < 1.29 is 14.3 Å². The summed E-state index contributed by atoms with van der Waals surface area (Å²) in [5.41, 5.74) is 2.97. The zero-order valence-electron chi connectivity index (χ0n) is 15.2. The van der Waals surface area contributed by atoms with E-state index in [4.69, 9.17) is 4.74 Å². The van der Waals surface area contributed by atoms with Crippen LogP contribution in [0.5, 0.6) is 0 Å². The van der Waals surface area contributed by atoms with Gasteiger partial charge in [-0.15, -0.1) is 11.3 Å². The van der Waals surface area contributed by atoms with E-state index in [1.165, 1.54) is 11.3 Å². The molecule has 2 aromatic rings. The number of thiophene rings is 1. The minimum absolute atomic E-state index is 0.232. The third-order valence-electron chi connectivity index (χ3n) is 4.08. The molecule has 0 aliphatic rings. The third kappa shape index (κ3) is 3.79. The van der Waals surface area contributed by atoms with E-state index in [9.17, 15) is 9.59 Å². The quantitative estimate of drug-likeness (QED) is 0.720. The molecule has 1 unspecified atom stereocenters. The Balaban J connectivity index is 2.30. The van der Waals surface area contributed by atoms with Crippen LogP contribution in [-0.4, -0.2) is 28.3 Å². The summed E-state index contributed by atoms with van der Waals surface area (Å²) < 4.78 is 7.68. The second-order valence-corrected chi connectivity index (χ2v) is 7.82. The zero-order valence-corrected chi connectivity index (χ0v) is 17.6. The summed E-state index contributed by atoms with van der Waals surface area (Å²) in [6, 6.07) is -0.511. The third-order valence-corrected chi connectivity index (χ3v) is 6.35. The molecule has 0 aliphatic heterocycles. The number of hydrogen-bond acceptors (Lipinski definition) is 5. The molecular weight excluding hydrogens is 406 g/mol. The lowest BCUT2D eigenvalue weighted by Crippen LogP contribution is -2.25. The summed E-state index contributed by atoms with van der Waals surface area (Å²) in [5.74, 6) is -0.647. The lowest BCUT2D eigenvalue weighted by molar-refractivity contribution is -0.119. The first-order chi connectivity index (χ1) is 11.7. The van der Waals surface area contributed by atoms with Crippen molar-refractivity contribution in [1.29, 1.82) is 0 Å². The first kappa shape index (κ1) is 19.7. The van der Waals surface area contributed by atoms with E-state index in [-0.39, 0.29) is 12.5 Å². The molecule has 0 radical (unpaired) electrons. The van der Waals surface area contributed by atoms with Crippen LogP contribution in [-0.2, 0) is 9.53 Å². The molecule has 0 saturated carbocycles. The molecular formula is C17H22BrN3O3S. The SMILES string of the molecule is CCOC(=O)c1c(NC(=O)C(C)n2nc(C)c(Br)c2C)sc(C)c1C. The summed E-state index contributed by atoms with van der Waals surface area (Å²) >= 11 is 4.85. The van der Waals surface area contributed by atoms with Gasteiger partial charge in [0.25, 0.3) is 0 Å². The standard InChI is InChI=1S/C17H22BrN3O3S/c1-7-24-17(23)13-8(2)12(6)25-16(13)19-15(22)11(5)21-10(4)14(18)9(3)20-21/h11H,7H2,1-6H3,(H,19,22). The highest BCUT2D eigenvalue weighted by Crippen LogP contribution is 2.33. The highest BCUT2D eigenvalue weighted by molar-refractivity contribution is 9.10. The number of carbonyl (C=O) groups excluding carboxylic acids is 2. The Labute approximate surface area is 159 Å². The van der Waals surface area contributed by atoms with Crippen molar-refractivity contribution in [2.24, 2.45) is 0 Å². The number of aryl methyl sites for hydroxylation is 2. The van der Waals surface area contributed by atoms with Crippen LogP contribution in [0.15, 0.2) is 4.47 Å². The molecule has 1 atom stereocenters. The zero-order chi connectivity index (χ0) is 18.9. The normalized spacial score (nSPS) is 12.1. The number of ether oxygens (including phenoxy) is 1. The van der Waals surface area contributed by atoms with Gasteiger partial charge in [0, 0.05) is 4.88 Å². The van der Waals surface area contributed by atoms with Gasteiger partial charge in [0.05, 0.1) is 28.0 Å². The Morgan fingerprint density at radius 2 is 1.96 bits per heavy atom. The number of nitrogens with zero attached hydrogens (tertiary/aromatic N) is 2. The van der Waals surface area contributed by atoms with Crippen LogP contribution in [0.2, 0.25) is 0 Å². The topological polar surface area (TPSA) is 73.2 Å². The van der Waals surface area contributed by atoms with Gasteiger partial charge < -0.3 is 10.1 Å². The van der Waals surface area contributed by atoms with E-state index in [0.29, 0.717) is 10.6 Å². The van der Waals surface area contributed by atoms with Crippen molar-refractivity contribution in [2.45, 2.75) is 47.6 Å². The fourth-order valence-corrected chi connectivity index (χ4v) is 3.82. The van der Waals surface area contributed by atoms with Crippen molar-refractivity contribution in [2.75, 3.05) is 11.9 Å². The number of esters is 1. The van der Waals surface area contributed by atoms with Gasteiger partial charge in [-0.25, -0.2) is 4.79 Å². The van der Waals surface area contributed by atoms with Gasteiger partial charge in [-0.2, -0.15) is 5.10 Å². The molecule has 1 N–H and O–H groups in total. The molecule has 6 nitrogen and oxygen atoms in total. The molecule has 1 amide bonds. The van der Waals surface area contributed by atoms with Crippen molar-refractivity contribution in [3.8, 4) is 0 Å². The van der Waals surface area contributed by atoms with Crippen LogP contribution in [0.4, 0.5) is 5.00 Å². The molecule has 8 heteroatoms. The first-order valence-corrected chi connectivity index (χ1v) is 9.59. The van der Waals surface area contributed by atoms with Crippen molar-refractivity contribution in [3.05, 3.63) is 31.9 Å². The highest BCUT2D eigenvalue weighted by Gasteiger charge is 2.25. The number of nitrogens with one attached hydrogen (secondary N) is 1. The predicted molar refractivity (Wildman–Crippen MR) is 102 cm³/mol. The maximum absolute atomic E-state index is 12.7. The summed E-state index contributed by atoms with van der Waals surface area (Å²) in [7, 11) is 0. The first-order valence-electron chi connectivity index (χ1n) is 7.98. The molecule has 2 heterocycles. The van der Waals surface area contributed by atoms with Crippen molar-refractivity contribution in [3.63, 3.8) is 0 Å². The molecule has 2 rings (SSSR count). The smallest absolute Gasteiger partial charge is 0.341 e. The maximum atomic E-state index is 12.7. The van der Waals surface area contributed by atoms with Gasteiger partial charge in [-0.05, 0) is 63.0 Å². The largest absolute Gasteiger partial charge is 0.462 e. The number of halogens is 1. The Kier molecular flexibility index (Phi) is 6.05. The number of amides is 1. The average molecular weight is 428 g/mol. The fourth-order valence-electron chi connectivity index (χ4n) is 2.51. The van der Waals surface area contributed by atoms with Crippen LogP contribution < -0.4 is 5.32 Å². The fraction of sp³-hybridized carbons (Fsp3) is 0.471. The van der Waals surface area contributed by atoms with E-state index in [2.05, 4.69) is 26.3 Å². The minimum atomic E-state index is -0.511. The predicted octanol–water partition coefficient (Wildman–Crippen LogP) is 4.32. The molecule has 0 bridgehead atoms. The lowest BCUT2D eigenvalue weighted by Gasteiger charge is -2.14. The van der Waals surface area contributed by atoms with Gasteiger partial charge >= 0.3 is 5.97 Å². The van der Waals surface area contributed by atoms with E-state index in [0.717, 1.165) is 26.3 Å². The average Bonchev–Trinajstić information content (AvgIpc) is 2.97. The van der Waals surface area contributed by atoms with E-state index < -0.39 is 12.0 Å². The van der Waals surface area contributed by atoms with E-state index in [1.807, 2.05) is 27.7 Å². The van der Waals surface area contributed by atoms with Crippen LogP contribution >= 0.6 is 27.3 Å². The molecule has 2 aromatic heterocycles. The Morgan fingerprint density at radius 3 is 2.48 bits per heavy atom. The van der Waals surface area contributed by atoms with Crippen LogP contribution in [0.3, 0.4) is 0 Å². The molecule has 0 aliphatic carbocycles. The number of anilines is 1. The summed E-state index contributed by atoms with van der Waals surface area (Å²) in [5, 5.41) is 7.79. The lowest BCUT2D eigenvalue weighted by atomic mass is 10.1. The maximum Gasteiger partial charge on any atom is 0.341 e. The van der Waals surface area contributed by atoms with Crippen molar-refractivity contribution in [1.82, 2.24) is 9.78 Å². The molecule has 0 spiro atoms. The second kappa shape index (κ2) is 7.70. The molecule has 0 aromatic carbocycles. The summed E-state index contributed by atoms with van der Waals surface area (Å²) in [4.78, 5) is 25.9. The van der Waals surface area contributed by atoms with E-state index >= 15 is 0 Å². The molecule has 136 valence electrons. The van der Waals surface area contributed by atoms with Crippen LogP contribution in [0, 0.1) is 27.7 Å². The second-order valence-electron chi connectivity index (χ2n) is 5.80. The summed E-state index contributed by atoms with van der Waals surface area (Å²) in [6.07, 6.45) is 0. The Bertz CT molecular complexity index is 826. The molecule has 25 heavy (non-hydrogen) atoms. The number of carbonyl (C=O) groups is 2. The Hall–Kier alpha value is -1.67. The van der Waals surface area contributed by atoms with Gasteiger partial charge in [0.15, 0.2) is 0 Å². The molecule has 0 saturated heterocycles. The molecule has 0 fully saturated rings. The summed E-state index contributed by atoms with van der Waals surface area (Å²) in [6.45, 7) is 11.4. The monoisotopic (exact) mass is 427 g/mol. The highest BCUT2D eigenvalue weighted by atomic mass is 79.9. The minimum Gasteiger partial charge on any atom is -0.462 e. The van der Waals surface area contributed by atoms with Crippen LogP contribution in [0.25, 0.3) is 0 Å². The van der Waals surface area contributed by atoms with Crippen molar-refractivity contribution >= 4 is 44.1 Å². The Morgan fingerprint density at radius 1 is 1.32 bits per heavy atom. The van der Waals surface area contributed by atoms with Gasteiger partial charge in [-0.1, -0.05) is 0 Å². The number of rotatable bonds is 5. The number of aromatic nitrogens is 2. The van der Waals surface area contributed by atoms with Gasteiger partial charge in [0.1, 0.15) is 11.0 Å². The number of hydrogen-bond donors (Lipinski definition) is 1. The van der Waals surface area contributed by atoms with E-state index in [1.54, 1.807) is 18.5 Å². The van der Waals surface area contributed by atoms with Gasteiger partial charge in [-0.3, -0.25) is 9.48 Å².